The molecule has 21 heavy (non-hydrogen) atoms. The Kier molecular flexibility index (Phi) is 3.72. The van der Waals surface area contributed by atoms with Crippen molar-refractivity contribution in [1.29, 1.82) is 0 Å². The van der Waals surface area contributed by atoms with Crippen LogP contribution in [0.2, 0.25) is 0 Å². The van der Waals surface area contributed by atoms with E-state index in [1.54, 1.807) is 24.3 Å². The number of azo groups is 1. The lowest BCUT2D eigenvalue weighted by molar-refractivity contribution is 0.102. The molecule has 1 aliphatic rings. The Morgan fingerprint density at radius 3 is 2.81 bits per heavy atom. The molecule has 1 aromatic carbocycles. The minimum Gasteiger partial charge on any atom is -0.435 e. The number of hydrogen-bond acceptors (Lipinski definition) is 6. The molecule has 0 saturated heterocycles. The second kappa shape index (κ2) is 5.66. The maximum Gasteiger partial charge on any atom is 0.304 e. The Labute approximate surface area is 129 Å². The predicted octanol–water partition coefficient (Wildman–Crippen LogP) is 3.47. The summed E-state index contributed by atoms with van der Waals surface area (Å²) in [4.78, 5) is 17.2. The lowest BCUT2D eigenvalue weighted by Gasteiger charge is -2.03. The monoisotopic (exact) mass is 318 g/mol. The third-order valence-corrected chi connectivity index (χ3v) is 4.05. The first-order valence-electron chi connectivity index (χ1n) is 6.08. The molecule has 1 unspecified atom stereocenters. The van der Waals surface area contributed by atoms with Gasteiger partial charge in [-0.25, -0.2) is 4.98 Å². The van der Waals surface area contributed by atoms with Crippen molar-refractivity contribution in [2.24, 2.45) is 10.2 Å². The van der Waals surface area contributed by atoms with Gasteiger partial charge in [-0.1, -0.05) is 29.5 Å². The highest BCUT2D eigenvalue weighted by Gasteiger charge is 2.25. The summed E-state index contributed by atoms with van der Waals surface area (Å²) in [5.41, 5.74) is 1.31. The van der Waals surface area contributed by atoms with Crippen molar-refractivity contribution >= 4 is 39.8 Å². The Morgan fingerprint density at radius 2 is 2.14 bits per heavy atom. The molecule has 3 rings (SSSR count). The number of aromatic nitrogens is 1. The maximum absolute atomic E-state index is 12.1. The number of aryl methyl sites for hydroxylation is 1. The Morgan fingerprint density at radius 1 is 1.38 bits per heavy atom. The van der Waals surface area contributed by atoms with Crippen LogP contribution in [0.1, 0.15) is 27.2 Å². The first-order chi connectivity index (χ1) is 10.1. The van der Waals surface area contributed by atoms with Gasteiger partial charge in [-0.15, -0.1) is 10.2 Å². The van der Waals surface area contributed by atoms with E-state index in [-0.39, 0.29) is 11.1 Å². The molecule has 0 spiro atoms. The van der Waals surface area contributed by atoms with E-state index >= 15 is 0 Å². The molecule has 1 aromatic heterocycles. The van der Waals surface area contributed by atoms with Crippen LogP contribution in [0.3, 0.4) is 0 Å². The molecule has 6 nitrogen and oxygen atoms in total. The van der Waals surface area contributed by atoms with Crippen LogP contribution in [0.5, 0.6) is 0 Å². The summed E-state index contributed by atoms with van der Waals surface area (Å²) >= 11 is 6.11. The van der Waals surface area contributed by atoms with Crippen molar-refractivity contribution in [3.05, 3.63) is 46.5 Å². The van der Waals surface area contributed by atoms with E-state index in [0.717, 1.165) is 10.6 Å². The van der Waals surface area contributed by atoms with E-state index in [1.807, 2.05) is 13.0 Å². The first kappa shape index (κ1) is 13.8. The topological polar surface area (TPSA) is 75.9 Å². The number of thiocarbonyl (C=S) groups is 1. The molecule has 1 atom stereocenters. The fourth-order valence-corrected chi connectivity index (χ4v) is 2.86. The predicted molar refractivity (Wildman–Crippen MR) is 82.5 cm³/mol. The molecule has 0 aliphatic carbocycles. The van der Waals surface area contributed by atoms with Gasteiger partial charge in [-0.3, -0.25) is 10.1 Å². The van der Waals surface area contributed by atoms with Gasteiger partial charge in [-0.05, 0) is 31.3 Å². The van der Waals surface area contributed by atoms with Gasteiger partial charge in [0.15, 0.2) is 5.13 Å². The number of anilines is 1. The molecule has 1 N–H and O–H groups in total. The standard InChI is InChI=1S/C13H10N4O2S2/c1-7-9(11-16-17-13(20)19-11)21-12(14-7)15-10(18)8-5-3-2-4-6-8/h2-6,11H,1H3,(H,14,15,18). The highest BCUT2D eigenvalue weighted by molar-refractivity contribution is 7.80. The molecular formula is C13H10N4O2S2. The third-order valence-electron chi connectivity index (χ3n) is 2.77. The van der Waals surface area contributed by atoms with Crippen LogP contribution < -0.4 is 5.32 Å². The van der Waals surface area contributed by atoms with Gasteiger partial charge in [0.2, 0.25) is 6.23 Å². The van der Waals surface area contributed by atoms with E-state index in [4.69, 9.17) is 17.0 Å². The molecule has 1 aliphatic heterocycles. The highest BCUT2D eigenvalue weighted by Crippen LogP contribution is 2.34. The maximum atomic E-state index is 12.1. The molecule has 106 valence electrons. The van der Waals surface area contributed by atoms with Gasteiger partial charge in [-0.2, -0.15) is 0 Å². The molecule has 8 heteroatoms. The van der Waals surface area contributed by atoms with Gasteiger partial charge in [0.05, 0.1) is 10.6 Å². The van der Waals surface area contributed by atoms with E-state index in [0.29, 0.717) is 10.7 Å². The summed E-state index contributed by atoms with van der Waals surface area (Å²) < 4.78 is 5.29. The number of amides is 1. The number of carbonyl (C=O) groups excluding carboxylic acids is 1. The molecule has 2 aromatic rings. The number of ether oxygens (including phenoxy) is 1. The van der Waals surface area contributed by atoms with Gasteiger partial charge in [0, 0.05) is 5.56 Å². The largest absolute Gasteiger partial charge is 0.435 e. The normalized spacial score (nSPS) is 16.8. The summed E-state index contributed by atoms with van der Waals surface area (Å²) in [5, 5.41) is 11.0. The lowest BCUT2D eigenvalue weighted by Crippen LogP contribution is -2.11. The summed E-state index contributed by atoms with van der Waals surface area (Å²) in [6, 6.07) is 8.95. The van der Waals surface area contributed by atoms with Crippen LogP contribution >= 0.6 is 23.6 Å². The number of nitrogens with zero attached hydrogens (tertiary/aromatic N) is 3. The average Bonchev–Trinajstić information content (AvgIpc) is 3.06. The smallest absolute Gasteiger partial charge is 0.304 e. The summed E-state index contributed by atoms with van der Waals surface area (Å²) in [6.07, 6.45) is -0.558. The van der Waals surface area contributed by atoms with Crippen molar-refractivity contribution in [2.75, 3.05) is 5.32 Å². The van der Waals surface area contributed by atoms with E-state index in [2.05, 4.69) is 20.5 Å². The van der Waals surface area contributed by atoms with Gasteiger partial charge in [0.25, 0.3) is 5.91 Å². The Balaban J connectivity index is 1.77. The van der Waals surface area contributed by atoms with Crippen molar-refractivity contribution in [3.8, 4) is 0 Å². The van der Waals surface area contributed by atoms with Crippen molar-refractivity contribution in [2.45, 2.75) is 13.2 Å². The first-order valence-corrected chi connectivity index (χ1v) is 7.31. The Bertz CT molecular complexity index is 727. The van der Waals surface area contributed by atoms with Crippen LogP contribution in [0.4, 0.5) is 5.13 Å². The molecule has 0 radical (unpaired) electrons. The zero-order chi connectivity index (χ0) is 14.8. The van der Waals surface area contributed by atoms with Crippen LogP contribution in [0, 0.1) is 6.92 Å². The molecule has 0 bridgehead atoms. The summed E-state index contributed by atoms with van der Waals surface area (Å²) in [5.74, 6) is -0.208. The average molecular weight is 318 g/mol. The quantitative estimate of drug-likeness (QED) is 0.879. The summed E-state index contributed by atoms with van der Waals surface area (Å²) in [6.45, 7) is 1.82. The fourth-order valence-electron chi connectivity index (χ4n) is 1.80. The van der Waals surface area contributed by atoms with Gasteiger partial charge < -0.3 is 4.74 Å². The lowest BCUT2D eigenvalue weighted by atomic mass is 10.2. The third kappa shape index (κ3) is 2.96. The van der Waals surface area contributed by atoms with Crippen molar-refractivity contribution in [1.82, 2.24) is 4.98 Å². The van der Waals surface area contributed by atoms with Gasteiger partial charge >= 0.3 is 5.17 Å². The number of rotatable bonds is 3. The van der Waals surface area contributed by atoms with Crippen LogP contribution in [-0.2, 0) is 4.74 Å². The number of nitrogens with one attached hydrogen (secondary N) is 1. The van der Waals surface area contributed by atoms with Crippen LogP contribution in [-0.4, -0.2) is 16.1 Å². The fraction of sp³-hybridized carbons (Fsp3) is 0.154. The number of hydrogen-bond donors (Lipinski definition) is 1. The van der Waals surface area contributed by atoms with Crippen LogP contribution in [0.25, 0.3) is 0 Å². The van der Waals surface area contributed by atoms with Gasteiger partial charge in [0.1, 0.15) is 0 Å². The molecule has 0 fully saturated rings. The zero-order valence-corrected chi connectivity index (χ0v) is 12.6. The highest BCUT2D eigenvalue weighted by atomic mass is 32.1. The van der Waals surface area contributed by atoms with Crippen LogP contribution in [0.15, 0.2) is 40.6 Å². The SMILES string of the molecule is Cc1nc(NC(=O)c2ccccc2)sc1C1N=NC(=S)O1. The molecule has 1 amide bonds. The summed E-state index contributed by atoms with van der Waals surface area (Å²) in [7, 11) is 0. The number of thiazole rings is 1. The Hall–Kier alpha value is -2.19. The van der Waals surface area contributed by atoms with Crippen molar-refractivity contribution in [3.63, 3.8) is 0 Å². The zero-order valence-electron chi connectivity index (χ0n) is 10.9. The minimum absolute atomic E-state index is 0.114. The second-order valence-corrected chi connectivity index (χ2v) is 5.62. The second-order valence-electron chi connectivity index (χ2n) is 4.24. The number of carbonyl (C=O) groups is 1. The molecular weight excluding hydrogens is 308 g/mol. The molecule has 2 heterocycles. The minimum atomic E-state index is -0.558. The van der Waals surface area contributed by atoms with E-state index < -0.39 is 6.23 Å². The number of benzene rings is 1. The molecule has 0 saturated carbocycles. The van der Waals surface area contributed by atoms with E-state index in [1.165, 1.54) is 11.3 Å². The van der Waals surface area contributed by atoms with E-state index in [9.17, 15) is 4.79 Å². The van der Waals surface area contributed by atoms with Crippen molar-refractivity contribution < 1.29 is 9.53 Å².